The van der Waals surface area contributed by atoms with Crippen molar-refractivity contribution in [1.82, 2.24) is 20.4 Å². The Morgan fingerprint density at radius 1 is 1.32 bits per heavy atom. The predicted octanol–water partition coefficient (Wildman–Crippen LogP) is 3.38. The third-order valence-electron chi connectivity index (χ3n) is 5.00. The minimum atomic E-state index is -0.0416. The van der Waals surface area contributed by atoms with Crippen LogP contribution in [-0.2, 0) is 17.8 Å². The van der Waals surface area contributed by atoms with Gasteiger partial charge in [0.1, 0.15) is 0 Å². The average Bonchev–Trinajstić information content (AvgIpc) is 3.33. The molecule has 2 N–H and O–H groups in total. The summed E-state index contributed by atoms with van der Waals surface area (Å²) in [5.74, 6) is 1.62. The Morgan fingerprint density at radius 3 is 2.96 bits per heavy atom. The summed E-state index contributed by atoms with van der Waals surface area (Å²) in [7, 11) is 0. The second-order valence-corrected chi connectivity index (χ2v) is 6.76. The highest BCUT2D eigenvalue weighted by atomic mass is 16.5. The van der Waals surface area contributed by atoms with Gasteiger partial charge in [-0.05, 0) is 31.4 Å². The van der Waals surface area contributed by atoms with E-state index in [-0.39, 0.29) is 5.91 Å². The Morgan fingerprint density at radius 2 is 2.12 bits per heavy atom. The van der Waals surface area contributed by atoms with E-state index in [0.717, 1.165) is 35.0 Å². The third kappa shape index (κ3) is 3.29. The van der Waals surface area contributed by atoms with Crippen molar-refractivity contribution < 1.29 is 9.32 Å². The van der Waals surface area contributed by atoms with E-state index in [1.54, 1.807) is 0 Å². The monoisotopic (exact) mass is 338 g/mol. The number of aromatic nitrogens is 3. The molecule has 0 saturated heterocycles. The quantitative estimate of drug-likeness (QED) is 0.747. The summed E-state index contributed by atoms with van der Waals surface area (Å²) in [5, 5.41) is 7.98. The SMILES string of the molecule is Cc1[nH]c2ccccc2c1CC(=O)NCc1noc(C2CCCC2)n1. The lowest BCUT2D eigenvalue weighted by Gasteiger charge is -2.03. The molecule has 6 nitrogen and oxygen atoms in total. The van der Waals surface area contributed by atoms with E-state index >= 15 is 0 Å². The predicted molar refractivity (Wildman–Crippen MR) is 94.1 cm³/mol. The molecule has 1 saturated carbocycles. The van der Waals surface area contributed by atoms with Crippen LogP contribution in [0.2, 0.25) is 0 Å². The number of nitrogens with one attached hydrogen (secondary N) is 2. The van der Waals surface area contributed by atoms with Crippen LogP contribution in [0, 0.1) is 6.92 Å². The van der Waals surface area contributed by atoms with Crippen LogP contribution in [-0.4, -0.2) is 21.0 Å². The number of amides is 1. The fraction of sp³-hybridized carbons (Fsp3) is 0.421. The summed E-state index contributed by atoms with van der Waals surface area (Å²) in [5.41, 5.74) is 3.12. The van der Waals surface area contributed by atoms with Gasteiger partial charge in [-0.1, -0.05) is 36.2 Å². The number of nitrogens with zero attached hydrogens (tertiary/aromatic N) is 2. The largest absolute Gasteiger partial charge is 0.358 e. The third-order valence-corrected chi connectivity index (χ3v) is 5.00. The number of para-hydroxylation sites is 1. The Hall–Kier alpha value is -2.63. The first-order valence-corrected chi connectivity index (χ1v) is 8.86. The van der Waals surface area contributed by atoms with Gasteiger partial charge in [0, 0.05) is 22.5 Å². The highest BCUT2D eigenvalue weighted by Crippen LogP contribution is 2.32. The van der Waals surface area contributed by atoms with Crippen molar-refractivity contribution in [3.8, 4) is 0 Å². The van der Waals surface area contributed by atoms with Crippen molar-refractivity contribution in [1.29, 1.82) is 0 Å². The maximum atomic E-state index is 12.3. The fourth-order valence-corrected chi connectivity index (χ4v) is 3.64. The summed E-state index contributed by atoms with van der Waals surface area (Å²) < 4.78 is 5.35. The molecule has 0 spiro atoms. The van der Waals surface area contributed by atoms with Crippen LogP contribution < -0.4 is 5.32 Å². The molecule has 2 aromatic heterocycles. The molecule has 1 aromatic carbocycles. The molecular weight excluding hydrogens is 316 g/mol. The number of rotatable bonds is 5. The lowest BCUT2D eigenvalue weighted by Crippen LogP contribution is -2.25. The van der Waals surface area contributed by atoms with Gasteiger partial charge in [-0.3, -0.25) is 4.79 Å². The van der Waals surface area contributed by atoms with Gasteiger partial charge in [-0.2, -0.15) is 4.98 Å². The Kier molecular flexibility index (Phi) is 4.26. The smallest absolute Gasteiger partial charge is 0.229 e. The van der Waals surface area contributed by atoms with Crippen LogP contribution >= 0.6 is 0 Å². The van der Waals surface area contributed by atoms with Gasteiger partial charge in [0.2, 0.25) is 11.8 Å². The molecule has 1 aliphatic carbocycles. The number of H-pyrrole nitrogens is 1. The van der Waals surface area contributed by atoms with Crippen molar-refractivity contribution in [3.63, 3.8) is 0 Å². The van der Waals surface area contributed by atoms with E-state index in [4.69, 9.17) is 4.52 Å². The molecule has 0 radical (unpaired) electrons. The Bertz CT molecular complexity index is 890. The summed E-state index contributed by atoms with van der Waals surface area (Å²) >= 11 is 0. The maximum absolute atomic E-state index is 12.3. The van der Waals surface area contributed by atoms with Crippen LogP contribution in [0.25, 0.3) is 10.9 Å². The molecule has 1 amide bonds. The van der Waals surface area contributed by atoms with Crippen molar-refractivity contribution >= 4 is 16.8 Å². The zero-order valence-electron chi connectivity index (χ0n) is 14.3. The molecule has 1 aliphatic rings. The summed E-state index contributed by atoms with van der Waals surface area (Å²) in [4.78, 5) is 20.1. The standard InChI is InChI=1S/C19H22N4O2/c1-12-15(14-8-4-5-9-16(14)21-12)10-18(24)20-11-17-22-19(25-23-17)13-6-2-3-7-13/h4-5,8-9,13,21H,2-3,6-7,10-11H2,1H3,(H,20,24). The van der Waals surface area contributed by atoms with Crippen LogP contribution in [0.4, 0.5) is 0 Å². The number of aryl methyl sites for hydroxylation is 1. The van der Waals surface area contributed by atoms with Crippen molar-refractivity contribution in [2.45, 2.75) is 51.5 Å². The van der Waals surface area contributed by atoms with Crippen LogP contribution in [0.3, 0.4) is 0 Å². The molecule has 4 rings (SSSR count). The van der Waals surface area contributed by atoms with Gasteiger partial charge in [-0.15, -0.1) is 0 Å². The van der Waals surface area contributed by atoms with Gasteiger partial charge < -0.3 is 14.8 Å². The van der Waals surface area contributed by atoms with Crippen molar-refractivity contribution in [3.05, 3.63) is 47.2 Å². The normalized spacial score (nSPS) is 15.1. The first-order chi connectivity index (χ1) is 12.2. The minimum Gasteiger partial charge on any atom is -0.358 e. The molecule has 130 valence electrons. The number of fused-ring (bicyclic) bond motifs is 1. The molecule has 25 heavy (non-hydrogen) atoms. The molecular formula is C19H22N4O2. The van der Waals surface area contributed by atoms with Gasteiger partial charge in [-0.25, -0.2) is 0 Å². The van der Waals surface area contributed by atoms with Crippen LogP contribution in [0.15, 0.2) is 28.8 Å². The van der Waals surface area contributed by atoms with Gasteiger partial charge in [0.15, 0.2) is 5.82 Å². The lowest BCUT2D eigenvalue weighted by molar-refractivity contribution is -0.120. The van der Waals surface area contributed by atoms with E-state index in [2.05, 4.69) is 20.4 Å². The van der Waals surface area contributed by atoms with Crippen molar-refractivity contribution in [2.75, 3.05) is 0 Å². The number of carbonyl (C=O) groups excluding carboxylic acids is 1. The molecule has 0 unspecified atom stereocenters. The fourth-order valence-electron chi connectivity index (χ4n) is 3.64. The first-order valence-electron chi connectivity index (χ1n) is 8.86. The van der Waals surface area contributed by atoms with Crippen LogP contribution in [0.1, 0.15) is 54.6 Å². The number of benzene rings is 1. The lowest BCUT2D eigenvalue weighted by atomic mass is 10.1. The highest BCUT2D eigenvalue weighted by Gasteiger charge is 2.23. The maximum Gasteiger partial charge on any atom is 0.229 e. The first kappa shape index (κ1) is 15.9. The number of hydrogen-bond donors (Lipinski definition) is 2. The second kappa shape index (κ2) is 6.70. The average molecular weight is 338 g/mol. The molecule has 0 bridgehead atoms. The Balaban J connectivity index is 1.38. The van der Waals surface area contributed by atoms with Crippen LogP contribution in [0.5, 0.6) is 0 Å². The second-order valence-electron chi connectivity index (χ2n) is 6.76. The van der Waals surface area contributed by atoms with E-state index in [1.807, 2.05) is 31.2 Å². The number of hydrogen-bond acceptors (Lipinski definition) is 4. The van der Waals surface area contributed by atoms with Crippen molar-refractivity contribution in [2.24, 2.45) is 0 Å². The summed E-state index contributed by atoms with van der Waals surface area (Å²) in [6, 6.07) is 8.03. The Labute approximate surface area is 146 Å². The zero-order chi connectivity index (χ0) is 17.2. The molecule has 3 aromatic rings. The van der Waals surface area contributed by atoms with E-state index in [9.17, 15) is 4.79 Å². The molecule has 2 heterocycles. The topological polar surface area (TPSA) is 83.8 Å². The molecule has 6 heteroatoms. The van der Waals surface area contributed by atoms with E-state index in [1.165, 1.54) is 12.8 Å². The number of aromatic amines is 1. The van der Waals surface area contributed by atoms with E-state index in [0.29, 0.717) is 30.6 Å². The minimum absolute atomic E-state index is 0.0416. The molecule has 0 aliphatic heterocycles. The summed E-state index contributed by atoms with van der Waals surface area (Å²) in [6.45, 7) is 2.30. The highest BCUT2D eigenvalue weighted by molar-refractivity contribution is 5.90. The number of carbonyl (C=O) groups is 1. The molecule has 1 fully saturated rings. The van der Waals surface area contributed by atoms with Gasteiger partial charge in [0.05, 0.1) is 13.0 Å². The van der Waals surface area contributed by atoms with E-state index < -0.39 is 0 Å². The summed E-state index contributed by atoms with van der Waals surface area (Å²) in [6.07, 6.45) is 5.02. The van der Waals surface area contributed by atoms with Gasteiger partial charge >= 0.3 is 0 Å². The zero-order valence-corrected chi connectivity index (χ0v) is 14.3. The van der Waals surface area contributed by atoms with Gasteiger partial charge in [0.25, 0.3) is 0 Å². The molecule has 0 atom stereocenters.